The van der Waals surface area contributed by atoms with E-state index in [0.717, 1.165) is 6.61 Å². The maximum absolute atomic E-state index is 5.66. The highest BCUT2D eigenvalue weighted by atomic mass is 16.5. The molecule has 0 spiro atoms. The lowest BCUT2D eigenvalue weighted by atomic mass is 10.0. The molecule has 1 aliphatic rings. The minimum absolute atomic E-state index is 0.361. The Bertz CT molecular complexity index is 224. The molecule has 0 radical (unpaired) electrons. The summed E-state index contributed by atoms with van der Waals surface area (Å²) in [6.45, 7) is 0.930. The van der Waals surface area contributed by atoms with E-state index in [4.69, 9.17) is 4.74 Å². The largest absolute Gasteiger partial charge is 0.374 e. The van der Waals surface area contributed by atoms with Gasteiger partial charge in [0.1, 0.15) is 0 Å². The first-order chi connectivity index (χ1) is 5.97. The van der Waals surface area contributed by atoms with E-state index in [1.54, 1.807) is 0 Å². The van der Waals surface area contributed by atoms with E-state index in [1.807, 2.05) is 6.07 Å². The minimum Gasteiger partial charge on any atom is -0.374 e. The zero-order valence-electron chi connectivity index (χ0n) is 7.20. The zero-order chi connectivity index (χ0) is 8.23. The third kappa shape index (κ3) is 1.67. The van der Waals surface area contributed by atoms with Crippen molar-refractivity contribution in [2.75, 3.05) is 6.61 Å². The SMILES string of the molecule is c1ccc(C2CCCCO2)cc1. The molecule has 64 valence electrons. The number of hydrogen-bond acceptors (Lipinski definition) is 1. The van der Waals surface area contributed by atoms with Gasteiger partial charge in [-0.1, -0.05) is 30.3 Å². The van der Waals surface area contributed by atoms with Crippen molar-refractivity contribution < 1.29 is 4.74 Å². The first kappa shape index (κ1) is 7.81. The second-order valence-electron chi connectivity index (χ2n) is 3.27. The fraction of sp³-hybridized carbons (Fsp3) is 0.455. The molecule has 1 unspecified atom stereocenters. The predicted molar refractivity (Wildman–Crippen MR) is 49.0 cm³/mol. The molecule has 1 heterocycles. The van der Waals surface area contributed by atoms with Gasteiger partial charge >= 0.3 is 0 Å². The van der Waals surface area contributed by atoms with Crippen LogP contribution >= 0.6 is 0 Å². The molecule has 1 heteroatoms. The first-order valence-electron chi connectivity index (χ1n) is 4.63. The molecule has 1 saturated heterocycles. The molecule has 0 amide bonds. The molecule has 0 bridgehead atoms. The average molecular weight is 162 g/mol. The Kier molecular flexibility index (Phi) is 2.42. The second-order valence-corrected chi connectivity index (χ2v) is 3.27. The van der Waals surface area contributed by atoms with E-state index in [2.05, 4.69) is 24.3 Å². The smallest absolute Gasteiger partial charge is 0.0824 e. The number of rotatable bonds is 1. The second kappa shape index (κ2) is 3.72. The topological polar surface area (TPSA) is 9.23 Å². The third-order valence-corrected chi connectivity index (χ3v) is 2.35. The fourth-order valence-electron chi connectivity index (χ4n) is 1.67. The average Bonchev–Trinajstić information content (AvgIpc) is 2.21. The van der Waals surface area contributed by atoms with Crippen LogP contribution in [0.1, 0.15) is 30.9 Å². The summed E-state index contributed by atoms with van der Waals surface area (Å²) in [7, 11) is 0. The van der Waals surface area contributed by atoms with Crippen molar-refractivity contribution >= 4 is 0 Å². The normalized spacial score (nSPS) is 23.8. The van der Waals surface area contributed by atoms with Gasteiger partial charge in [-0.2, -0.15) is 0 Å². The van der Waals surface area contributed by atoms with Crippen molar-refractivity contribution in [1.29, 1.82) is 0 Å². The molecule has 12 heavy (non-hydrogen) atoms. The lowest BCUT2D eigenvalue weighted by Gasteiger charge is -2.22. The molecular formula is C11H14O. The van der Waals surface area contributed by atoms with Crippen molar-refractivity contribution in [3.8, 4) is 0 Å². The Hall–Kier alpha value is -0.820. The molecule has 0 saturated carbocycles. The van der Waals surface area contributed by atoms with Crippen LogP contribution in [0.15, 0.2) is 30.3 Å². The van der Waals surface area contributed by atoms with Gasteiger partial charge in [0.15, 0.2) is 0 Å². The molecular weight excluding hydrogens is 148 g/mol. The van der Waals surface area contributed by atoms with Crippen LogP contribution in [0.25, 0.3) is 0 Å². The number of hydrogen-bond donors (Lipinski definition) is 0. The minimum atomic E-state index is 0.361. The van der Waals surface area contributed by atoms with Crippen LogP contribution in [0.4, 0.5) is 0 Å². The maximum atomic E-state index is 5.66. The lowest BCUT2D eigenvalue weighted by molar-refractivity contribution is 0.0149. The van der Waals surface area contributed by atoms with Crippen molar-refractivity contribution in [2.24, 2.45) is 0 Å². The van der Waals surface area contributed by atoms with Crippen LogP contribution in [0.5, 0.6) is 0 Å². The monoisotopic (exact) mass is 162 g/mol. The standard InChI is InChI=1S/C11H14O/c1-2-6-10(7-3-1)11-8-4-5-9-12-11/h1-3,6-7,11H,4-5,8-9H2. The first-order valence-corrected chi connectivity index (χ1v) is 4.63. The van der Waals surface area contributed by atoms with Crippen molar-refractivity contribution in [2.45, 2.75) is 25.4 Å². The predicted octanol–water partition coefficient (Wildman–Crippen LogP) is 2.93. The Balaban J connectivity index is 2.08. The highest BCUT2D eigenvalue weighted by Crippen LogP contribution is 2.26. The molecule has 0 aliphatic carbocycles. The van der Waals surface area contributed by atoms with Crippen LogP contribution in [0, 0.1) is 0 Å². The fourth-order valence-corrected chi connectivity index (χ4v) is 1.67. The van der Waals surface area contributed by atoms with Crippen LogP contribution in [0.2, 0.25) is 0 Å². The molecule has 1 aromatic carbocycles. The Morgan fingerprint density at radius 2 is 1.92 bits per heavy atom. The summed E-state index contributed by atoms with van der Waals surface area (Å²) in [5, 5.41) is 0. The van der Waals surface area contributed by atoms with Crippen LogP contribution in [0.3, 0.4) is 0 Å². The van der Waals surface area contributed by atoms with Gasteiger partial charge in [0, 0.05) is 6.61 Å². The van der Waals surface area contributed by atoms with E-state index in [1.165, 1.54) is 24.8 Å². The Labute approximate surface area is 73.4 Å². The molecule has 0 aromatic heterocycles. The number of benzene rings is 1. The summed E-state index contributed by atoms with van der Waals surface area (Å²) in [6, 6.07) is 10.5. The molecule has 2 rings (SSSR count). The van der Waals surface area contributed by atoms with Gasteiger partial charge in [0.05, 0.1) is 6.10 Å². The van der Waals surface area contributed by atoms with Gasteiger partial charge in [-0.25, -0.2) is 0 Å². The summed E-state index contributed by atoms with van der Waals surface area (Å²) in [5.41, 5.74) is 1.33. The third-order valence-electron chi connectivity index (χ3n) is 2.35. The molecule has 1 fully saturated rings. The lowest BCUT2D eigenvalue weighted by Crippen LogP contribution is -2.11. The molecule has 0 N–H and O–H groups in total. The zero-order valence-corrected chi connectivity index (χ0v) is 7.20. The summed E-state index contributed by atoms with van der Waals surface area (Å²) in [5.74, 6) is 0. The van der Waals surface area contributed by atoms with Gasteiger partial charge in [-0.15, -0.1) is 0 Å². The van der Waals surface area contributed by atoms with Crippen LogP contribution < -0.4 is 0 Å². The quantitative estimate of drug-likeness (QED) is 0.617. The van der Waals surface area contributed by atoms with Crippen molar-refractivity contribution in [3.05, 3.63) is 35.9 Å². The van der Waals surface area contributed by atoms with E-state index < -0.39 is 0 Å². The van der Waals surface area contributed by atoms with Crippen LogP contribution in [-0.2, 0) is 4.74 Å². The molecule has 1 nitrogen and oxygen atoms in total. The Morgan fingerprint density at radius 1 is 1.08 bits per heavy atom. The van der Waals surface area contributed by atoms with E-state index in [-0.39, 0.29) is 0 Å². The summed E-state index contributed by atoms with van der Waals surface area (Å²) < 4.78 is 5.66. The van der Waals surface area contributed by atoms with Gasteiger partial charge in [0.2, 0.25) is 0 Å². The summed E-state index contributed by atoms with van der Waals surface area (Å²) in [6.07, 6.45) is 4.08. The van der Waals surface area contributed by atoms with Crippen LogP contribution in [-0.4, -0.2) is 6.61 Å². The maximum Gasteiger partial charge on any atom is 0.0824 e. The van der Waals surface area contributed by atoms with Crippen molar-refractivity contribution in [3.63, 3.8) is 0 Å². The van der Waals surface area contributed by atoms with Gasteiger partial charge in [-0.3, -0.25) is 0 Å². The highest BCUT2D eigenvalue weighted by Gasteiger charge is 2.14. The van der Waals surface area contributed by atoms with E-state index in [0.29, 0.717) is 6.10 Å². The van der Waals surface area contributed by atoms with E-state index in [9.17, 15) is 0 Å². The molecule has 1 aromatic rings. The Morgan fingerprint density at radius 3 is 2.58 bits per heavy atom. The summed E-state index contributed by atoms with van der Waals surface area (Å²) in [4.78, 5) is 0. The summed E-state index contributed by atoms with van der Waals surface area (Å²) >= 11 is 0. The van der Waals surface area contributed by atoms with Crippen molar-refractivity contribution in [1.82, 2.24) is 0 Å². The molecule has 1 atom stereocenters. The van der Waals surface area contributed by atoms with Gasteiger partial charge in [-0.05, 0) is 24.8 Å². The van der Waals surface area contributed by atoms with Gasteiger partial charge < -0.3 is 4.74 Å². The highest BCUT2D eigenvalue weighted by molar-refractivity contribution is 5.17. The van der Waals surface area contributed by atoms with E-state index >= 15 is 0 Å². The molecule has 1 aliphatic heterocycles. The number of ether oxygens (including phenoxy) is 1. The van der Waals surface area contributed by atoms with Gasteiger partial charge in [0.25, 0.3) is 0 Å².